The van der Waals surface area contributed by atoms with Gasteiger partial charge in [-0.15, -0.1) is 0 Å². The Bertz CT molecular complexity index is 714. The van der Waals surface area contributed by atoms with Crippen LogP contribution in [-0.4, -0.2) is 63.1 Å². The lowest BCUT2D eigenvalue weighted by Gasteiger charge is -2.35. The third kappa shape index (κ3) is 3.43. The maximum absolute atomic E-state index is 12.5. The Morgan fingerprint density at radius 3 is 2.92 bits per heavy atom. The van der Waals surface area contributed by atoms with Gasteiger partial charge in [-0.25, -0.2) is 15.0 Å². The summed E-state index contributed by atoms with van der Waals surface area (Å²) < 4.78 is 5.97. The number of hydrogen-bond donors (Lipinski definition) is 1. The third-order valence-electron chi connectivity index (χ3n) is 4.89. The van der Waals surface area contributed by atoms with Crippen LogP contribution in [0.1, 0.15) is 16.9 Å². The lowest BCUT2D eigenvalue weighted by molar-refractivity contribution is 0.0615. The number of fused-ring (bicyclic) bond motifs is 1. The van der Waals surface area contributed by atoms with Crippen LogP contribution in [0.5, 0.6) is 0 Å². The standard InChI is InChI=1S/C17H20N6O2/c24-16(14-8-18-5-6-19-14)23-7-2-13-12(10-23)11-25-15(13)9-22-17-20-3-1-4-21-17/h1,3-6,8,12-13,15H,2,7,9-11H2,(H,20,21,22)/t12-,13-,15+/m1/s1. The molecule has 0 spiro atoms. The molecule has 2 aliphatic rings. The molecule has 0 aromatic carbocycles. The minimum atomic E-state index is -0.0502. The van der Waals surface area contributed by atoms with Crippen LogP contribution in [0.3, 0.4) is 0 Å². The van der Waals surface area contributed by atoms with Crippen molar-refractivity contribution in [1.82, 2.24) is 24.8 Å². The molecule has 1 N–H and O–H groups in total. The summed E-state index contributed by atoms with van der Waals surface area (Å²) in [4.78, 5) is 30.8. The molecule has 0 saturated carbocycles. The fraction of sp³-hybridized carbons (Fsp3) is 0.471. The van der Waals surface area contributed by atoms with E-state index in [9.17, 15) is 4.79 Å². The van der Waals surface area contributed by atoms with Crippen LogP contribution in [0.4, 0.5) is 5.95 Å². The highest BCUT2D eigenvalue weighted by atomic mass is 16.5. The normalized spacial score (nSPS) is 25.4. The second-order valence-electron chi connectivity index (χ2n) is 6.38. The Hall–Kier alpha value is -2.61. The molecule has 0 unspecified atom stereocenters. The van der Waals surface area contributed by atoms with E-state index in [4.69, 9.17) is 4.74 Å². The van der Waals surface area contributed by atoms with Gasteiger partial charge in [0.1, 0.15) is 5.69 Å². The molecule has 0 radical (unpaired) electrons. The van der Waals surface area contributed by atoms with E-state index in [1.807, 2.05) is 4.90 Å². The SMILES string of the molecule is O=C(c1cnccn1)N1CC[C@@H]2[C@@H](CO[C@H]2CNc2ncccn2)C1. The first-order valence-corrected chi connectivity index (χ1v) is 8.49. The first-order valence-electron chi connectivity index (χ1n) is 8.49. The maximum Gasteiger partial charge on any atom is 0.274 e. The molecule has 4 heterocycles. The first kappa shape index (κ1) is 15.9. The highest BCUT2D eigenvalue weighted by Crippen LogP contribution is 2.34. The molecule has 2 aliphatic heterocycles. The van der Waals surface area contributed by atoms with Crippen molar-refractivity contribution in [3.63, 3.8) is 0 Å². The molecule has 2 saturated heterocycles. The molecule has 1 amide bonds. The Balaban J connectivity index is 1.34. The summed E-state index contributed by atoms with van der Waals surface area (Å²) in [6, 6.07) is 1.79. The predicted molar refractivity (Wildman–Crippen MR) is 89.8 cm³/mol. The number of nitrogens with zero attached hydrogens (tertiary/aromatic N) is 5. The lowest BCUT2D eigenvalue weighted by atomic mass is 9.84. The number of rotatable bonds is 4. The van der Waals surface area contributed by atoms with E-state index in [1.165, 1.54) is 6.20 Å². The first-order chi connectivity index (χ1) is 12.3. The van der Waals surface area contributed by atoms with Gasteiger partial charge in [-0.05, 0) is 18.4 Å². The Kier molecular flexibility index (Phi) is 4.51. The van der Waals surface area contributed by atoms with Crippen molar-refractivity contribution >= 4 is 11.9 Å². The Morgan fingerprint density at radius 2 is 2.12 bits per heavy atom. The molecule has 25 heavy (non-hydrogen) atoms. The molecular weight excluding hydrogens is 320 g/mol. The number of hydrogen-bond acceptors (Lipinski definition) is 7. The van der Waals surface area contributed by atoms with Crippen molar-refractivity contribution in [1.29, 1.82) is 0 Å². The number of ether oxygens (including phenoxy) is 1. The summed E-state index contributed by atoms with van der Waals surface area (Å²) >= 11 is 0. The van der Waals surface area contributed by atoms with E-state index in [-0.39, 0.29) is 12.0 Å². The highest BCUT2D eigenvalue weighted by molar-refractivity contribution is 5.92. The molecule has 8 nitrogen and oxygen atoms in total. The Morgan fingerprint density at radius 1 is 1.24 bits per heavy atom. The fourth-order valence-corrected chi connectivity index (χ4v) is 3.64. The van der Waals surface area contributed by atoms with Crippen LogP contribution < -0.4 is 5.32 Å². The van der Waals surface area contributed by atoms with Crippen molar-refractivity contribution in [2.75, 3.05) is 31.6 Å². The highest BCUT2D eigenvalue weighted by Gasteiger charge is 2.41. The molecule has 0 aliphatic carbocycles. The summed E-state index contributed by atoms with van der Waals surface area (Å²) in [5, 5.41) is 3.23. The van der Waals surface area contributed by atoms with E-state index in [0.29, 0.717) is 43.2 Å². The number of aromatic nitrogens is 4. The molecule has 2 aromatic rings. The molecule has 0 bridgehead atoms. The third-order valence-corrected chi connectivity index (χ3v) is 4.89. The summed E-state index contributed by atoms with van der Waals surface area (Å²) in [5.41, 5.74) is 0.402. The van der Waals surface area contributed by atoms with Crippen molar-refractivity contribution in [2.24, 2.45) is 11.8 Å². The van der Waals surface area contributed by atoms with Crippen molar-refractivity contribution in [2.45, 2.75) is 12.5 Å². The summed E-state index contributed by atoms with van der Waals surface area (Å²) in [6.07, 6.45) is 9.12. The summed E-state index contributed by atoms with van der Waals surface area (Å²) in [7, 11) is 0. The zero-order chi connectivity index (χ0) is 17.1. The van der Waals surface area contributed by atoms with Gasteiger partial charge in [0.25, 0.3) is 5.91 Å². The van der Waals surface area contributed by atoms with Crippen LogP contribution in [0, 0.1) is 11.8 Å². The van der Waals surface area contributed by atoms with Gasteiger partial charge in [0.05, 0.1) is 18.9 Å². The van der Waals surface area contributed by atoms with Crippen LogP contribution in [0.25, 0.3) is 0 Å². The van der Waals surface area contributed by atoms with Crippen molar-refractivity contribution < 1.29 is 9.53 Å². The average molecular weight is 340 g/mol. The number of nitrogens with one attached hydrogen (secondary N) is 1. The van der Waals surface area contributed by atoms with Crippen LogP contribution >= 0.6 is 0 Å². The van der Waals surface area contributed by atoms with Gasteiger partial charge >= 0.3 is 0 Å². The summed E-state index contributed by atoms with van der Waals surface area (Å²) in [6.45, 7) is 2.79. The van der Waals surface area contributed by atoms with Gasteiger partial charge in [-0.3, -0.25) is 9.78 Å². The van der Waals surface area contributed by atoms with Crippen LogP contribution in [0.2, 0.25) is 0 Å². The van der Waals surface area contributed by atoms with E-state index >= 15 is 0 Å². The van der Waals surface area contributed by atoms with Crippen LogP contribution in [0.15, 0.2) is 37.1 Å². The van der Waals surface area contributed by atoms with E-state index in [0.717, 1.165) is 13.0 Å². The molecule has 8 heteroatoms. The molecular formula is C17H20N6O2. The Labute approximate surface area is 145 Å². The number of carbonyl (C=O) groups excluding carboxylic acids is 1. The molecule has 4 rings (SSSR count). The van der Waals surface area contributed by atoms with Crippen molar-refractivity contribution in [3.05, 3.63) is 42.7 Å². The molecule has 2 fully saturated rings. The minimum Gasteiger partial charge on any atom is -0.376 e. The monoisotopic (exact) mass is 340 g/mol. The van der Waals surface area contributed by atoms with Gasteiger partial charge in [-0.1, -0.05) is 0 Å². The van der Waals surface area contributed by atoms with Gasteiger partial charge in [0.2, 0.25) is 5.95 Å². The number of anilines is 1. The fourth-order valence-electron chi connectivity index (χ4n) is 3.64. The predicted octanol–water partition coefficient (Wildman–Crippen LogP) is 0.856. The quantitative estimate of drug-likeness (QED) is 0.882. The van der Waals surface area contributed by atoms with Gasteiger partial charge in [-0.2, -0.15) is 0 Å². The summed E-state index contributed by atoms with van der Waals surface area (Å²) in [5.74, 6) is 1.37. The number of carbonyl (C=O) groups is 1. The second-order valence-corrected chi connectivity index (χ2v) is 6.38. The van der Waals surface area contributed by atoms with E-state index < -0.39 is 0 Å². The molecule has 2 aromatic heterocycles. The van der Waals surface area contributed by atoms with Gasteiger partial charge < -0.3 is 15.0 Å². The zero-order valence-corrected chi connectivity index (χ0v) is 13.8. The maximum atomic E-state index is 12.5. The minimum absolute atomic E-state index is 0.0502. The second kappa shape index (κ2) is 7.10. The van der Waals surface area contributed by atoms with E-state index in [1.54, 1.807) is 30.9 Å². The topological polar surface area (TPSA) is 93.1 Å². The van der Waals surface area contributed by atoms with Crippen molar-refractivity contribution in [3.8, 4) is 0 Å². The zero-order valence-electron chi connectivity index (χ0n) is 13.8. The van der Waals surface area contributed by atoms with Gasteiger partial charge in [0, 0.05) is 50.3 Å². The average Bonchev–Trinajstić information content (AvgIpc) is 3.09. The van der Waals surface area contributed by atoms with Gasteiger partial charge in [0.15, 0.2) is 0 Å². The van der Waals surface area contributed by atoms with E-state index in [2.05, 4.69) is 25.3 Å². The number of amides is 1. The number of piperidine rings is 1. The molecule has 130 valence electrons. The lowest BCUT2D eigenvalue weighted by Crippen LogP contribution is -2.45. The molecule has 3 atom stereocenters. The smallest absolute Gasteiger partial charge is 0.274 e. The number of likely N-dealkylation sites (tertiary alicyclic amines) is 1. The van der Waals surface area contributed by atoms with Crippen LogP contribution in [-0.2, 0) is 4.74 Å². The largest absolute Gasteiger partial charge is 0.376 e.